The molecule has 22 heavy (non-hydrogen) atoms. The Morgan fingerprint density at radius 2 is 1.41 bits per heavy atom. The molecule has 0 heterocycles. The summed E-state index contributed by atoms with van der Waals surface area (Å²) in [6, 6.07) is 19.9. The van der Waals surface area contributed by atoms with Crippen molar-refractivity contribution in [2.75, 3.05) is 0 Å². The average Bonchev–Trinajstić information content (AvgIpc) is 2.52. The number of rotatable bonds is 7. The third-order valence-electron chi connectivity index (χ3n) is 3.68. The van der Waals surface area contributed by atoms with Crippen molar-refractivity contribution in [1.29, 1.82) is 0 Å². The van der Waals surface area contributed by atoms with Gasteiger partial charge in [-0.2, -0.15) is 0 Å². The van der Waals surface area contributed by atoms with Gasteiger partial charge in [-0.1, -0.05) is 74.5 Å². The zero-order chi connectivity index (χ0) is 15.9. The predicted octanol–water partition coefficient (Wildman–Crippen LogP) is 3.27. The number of hydrogen-bond donors (Lipinski definition) is 2. The molecule has 1 atom stereocenters. The maximum absolute atomic E-state index is 11.8. The topological polar surface area (TPSA) is 55.1 Å². The number of benzene rings is 2. The van der Waals surface area contributed by atoms with Gasteiger partial charge in [-0.05, 0) is 23.5 Å². The lowest BCUT2D eigenvalue weighted by molar-refractivity contribution is -0.120. The normalized spacial score (nSPS) is 12.5. The van der Waals surface area contributed by atoms with E-state index in [9.17, 15) is 4.79 Å². The smallest absolute Gasteiger partial charge is 0.234 e. The molecule has 3 nitrogen and oxygen atoms in total. The molecule has 0 unspecified atom stereocenters. The van der Waals surface area contributed by atoms with Crippen molar-refractivity contribution in [2.24, 2.45) is 11.7 Å². The third kappa shape index (κ3) is 4.43. The molecule has 0 spiro atoms. The minimum atomic E-state index is -0.342. The van der Waals surface area contributed by atoms with E-state index in [0.29, 0.717) is 5.92 Å². The van der Waals surface area contributed by atoms with Gasteiger partial charge in [0.15, 0.2) is 0 Å². The highest BCUT2D eigenvalue weighted by molar-refractivity contribution is 5.80. The molecule has 0 aliphatic heterocycles. The Bertz CT molecular complexity index is 541. The Kier molecular flexibility index (Phi) is 5.73. The van der Waals surface area contributed by atoms with Crippen LogP contribution in [-0.2, 0) is 4.79 Å². The molecule has 2 aromatic rings. The molecular formula is C19H24N2O. The minimum absolute atomic E-state index is 0.0429. The fourth-order valence-corrected chi connectivity index (χ4v) is 2.61. The maximum Gasteiger partial charge on any atom is 0.234 e. The van der Waals surface area contributed by atoms with Crippen LogP contribution in [0.15, 0.2) is 60.7 Å². The summed E-state index contributed by atoms with van der Waals surface area (Å²) in [6.45, 7) is 4.19. The second kappa shape index (κ2) is 7.76. The summed E-state index contributed by atoms with van der Waals surface area (Å²) in [5.74, 6) is 0.0998. The van der Waals surface area contributed by atoms with Crippen molar-refractivity contribution in [1.82, 2.24) is 5.32 Å². The summed E-state index contributed by atoms with van der Waals surface area (Å²) in [5.41, 5.74) is 7.84. The van der Waals surface area contributed by atoms with Gasteiger partial charge in [0.05, 0.1) is 12.1 Å². The zero-order valence-electron chi connectivity index (χ0n) is 13.2. The number of hydrogen-bond acceptors (Lipinski definition) is 2. The SMILES string of the molecule is CC(C)C[C@H](NC(c1ccccc1)c1ccccc1)C(N)=O. The molecule has 0 fully saturated rings. The fraction of sp³-hybridized carbons (Fsp3) is 0.316. The summed E-state index contributed by atoms with van der Waals surface area (Å²) in [6.07, 6.45) is 0.728. The quantitative estimate of drug-likeness (QED) is 0.824. The summed E-state index contributed by atoms with van der Waals surface area (Å²) < 4.78 is 0. The van der Waals surface area contributed by atoms with Gasteiger partial charge >= 0.3 is 0 Å². The van der Waals surface area contributed by atoms with Crippen LogP contribution in [-0.4, -0.2) is 11.9 Å². The van der Waals surface area contributed by atoms with Crippen molar-refractivity contribution in [3.8, 4) is 0 Å². The fourth-order valence-electron chi connectivity index (χ4n) is 2.61. The highest BCUT2D eigenvalue weighted by Gasteiger charge is 2.23. The van der Waals surface area contributed by atoms with E-state index in [1.165, 1.54) is 0 Å². The summed E-state index contributed by atoms with van der Waals surface area (Å²) in [7, 11) is 0. The number of amides is 1. The molecule has 1 amide bonds. The molecule has 0 aliphatic carbocycles. The molecule has 3 heteroatoms. The first kappa shape index (κ1) is 16.2. The van der Waals surface area contributed by atoms with Gasteiger partial charge in [0.1, 0.15) is 0 Å². The lowest BCUT2D eigenvalue weighted by atomic mass is 9.95. The van der Waals surface area contributed by atoms with E-state index in [4.69, 9.17) is 5.73 Å². The van der Waals surface area contributed by atoms with Crippen LogP contribution in [0.3, 0.4) is 0 Å². The number of primary amides is 1. The van der Waals surface area contributed by atoms with Crippen molar-refractivity contribution in [2.45, 2.75) is 32.4 Å². The third-order valence-corrected chi connectivity index (χ3v) is 3.68. The van der Waals surface area contributed by atoms with E-state index >= 15 is 0 Å². The lowest BCUT2D eigenvalue weighted by Gasteiger charge is -2.26. The van der Waals surface area contributed by atoms with Gasteiger partial charge < -0.3 is 5.73 Å². The Morgan fingerprint density at radius 1 is 0.955 bits per heavy atom. The Labute approximate surface area is 132 Å². The maximum atomic E-state index is 11.8. The Balaban J connectivity index is 2.30. The molecule has 3 N–H and O–H groups in total. The van der Waals surface area contributed by atoms with Gasteiger partial charge in [-0.3, -0.25) is 10.1 Å². The molecule has 0 saturated heterocycles. The lowest BCUT2D eigenvalue weighted by Crippen LogP contribution is -2.44. The van der Waals surface area contributed by atoms with Crippen LogP contribution >= 0.6 is 0 Å². The highest BCUT2D eigenvalue weighted by Crippen LogP contribution is 2.23. The van der Waals surface area contributed by atoms with Crippen LogP contribution in [0.4, 0.5) is 0 Å². The molecule has 2 aromatic carbocycles. The van der Waals surface area contributed by atoms with Gasteiger partial charge in [-0.25, -0.2) is 0 Å². The van der Waals surface area contributed by atoms with Gasteiger partial charge in [0, 0.05) is 0 Å². The monoisotopic (exact) mass is 296 g/mol. The van der Waals surface area contributed by atoms with Crippen LogP contribution in [0.2, 0.25) is 0 Å². The zero-order valence-corrected chi connectivity index (χ0v) is 13.2. The molecule has 0 saturated carbocycles. The number of nitrogens with two attached hydrogens (primary N) is 1. The van der Waals surface area contributed by atoms with Crippen molar-refractivity contribution in [3.63, 3.8) is 0 Å². The standard InChI is InChI=1S/C19H24N2O/c1-14(2)13-17(19(20)22)21-18(15-9-5-3-6-10-15)16-11-7-4-8-12-16/h3-12,14,17-18,21H,13H2,1-2H3,(H2,20,22)/t17-/m0/s1. The van der Waals surface area contributed by atoms with Crippen LogP contribution in [0.1, 0.15) is 37.4 Å². The van der Waals surface area contributed by atoms with Gasteiger partial charge in [0.25, 0.3) is 0 Å². The van der Waals surface area contributed by atoms with E-state index < -0.39 is 0 Å². The van der Waals surface area contributed by atoms with Crippen molar-refractivity contribution in [3.05, 3.63) is 71.8 Å². The molecule has 0 aliphatic rings. The molecular weight excluding hydrogens is 272 g/mol. The highest BCUT2D eigenvalue weighted by atomic mass is 16.1. The largest absolute Gasteiger partial charge is 0.368 e. The first-order valence-corrected chi connectivity index (χ1v) is 7.73. The van der Waals surface area contributed by atoms with E-state index in [-0.39, 0.29) is 18.0 Å². The van der Waals surface area contributed by atoms with E-state index in [1.54, 1.807) is 0 Å². The van der Waals surface area contributed by atoms with E-state index in [0.717, 1.165) is 17.5 Å². The van der Waals surface area contributed by atoms with E-state index in [1.807, 2.05) is 36.4 Å². The molecule has 116 valence electrons. The minimum Gasteiger partial charge on any atom is -0.368 e. The Morgan fingerprint density at radius 3 is 1.77 bits per heavy atom. The van der Waals surface area contributed by atoms with Crippen molar-refractivity contribution >= 4 is 5.91 Å². The molecule has 0 radical (unpaired) electrons. The summed E-state index contributed by atoms with van der Waals surface area (Å²) in [5, 5.41) is 3.44. The van der Waals surface area contributed by atoms with Crippen LogP contribution in [0, 0.1) is 5.92 Å². The molecule has 0 bridgehead atoms. The molecule has 0 aromatic heterocycles. The van der Waals surface area contributed by atoms with Crippen LogP contribution in [0.5, 0.6) is 0 Å². The number of carbonyl (C=O) groups is 1. The first-order chi connectivity index (χ1) is 10.6. The molecule has 2 rings (SSSR count). The summed E-state index contributed by atoms with van der Waals surface area (Å²) >= 11 is 0. The van der Waals surface area contributed by atoms with Gasteiger partial charge in [-0.15, -0.1) is 0 Å². The number of carbonyl (C=O) groups excluding carboxylic acids is 1. The predicted molar refractivity (Wildman–Crippen MR) is 90.3 cm³/mol. The summed E-state index contributed by atoms with van der Waals surface area (Å²) in [4.78, 5) is 11.8. The second-order valence-electron chi connectivity index (χ2n) is 6.01. The second-order valence-corrected chi connectivity index (χ2v) is 6.01. The first-order valence-electron chi connectivity index (χ1n) is 7.73. The Hall–Kier alpha value is -2.13. The van der Waals surface area contributed by atoms with Crippen LogP contribution < -0.4 is 11.1 Å². The van der Waals surface area contributed by atoms with Crippen molar-refractivity contribution < 1.29 is 4.79 Å². The number of nitrogens with one attached hydrogen (secondary N) is 1. The average molecular weight is 296 g/mol. The van der Waals surface area contributed by atoms with Gasteiger partial charge in [0.2, 0.25) is 5.91 Å². The van der Waals surface area contributed by atoms with E-state index in [2.05, 4.69) is 43.4 Å². The van der Waals surface area contributed by atoms with Crippen LogP contribution in [0.25, 0.3) is 0 Å².